The molecule has 0 aliphatic heterocycles. The summed E-state index contributed by atoms with van der Waals surface area (Å²) in [5.41, 5.74) is 5.94. The molecule has 1 aromatic carbocycles. The van der Waals surface area contributed by atoms with Crippen LogP contribution in [0, 0.1) is 17.0 Å². The van der Waals surface area contributed by atoms with Gasteiger partial charge < -0.3 is 9.15 Å². The molecular weight excluding hydrogens is 338 g/mol. The molecule has 2 aromatic rings. The van der Waals surface area contributed by atoms with Gasteiger partial charge in [-0.2, -0.15) is 5.10 Å². The highest BCUT2D eigenvalue weighted by Gasteiger charge is 2.28. The Morgan fingerprint density at radius 1 is 1.35 bits per heavy atom. The Hall–Kier alpha value is -3.16. The first kappa shape index (κ1) is 17.7. The molecule has 0 bridgehead atoms. The molecule has 1 aliphatic carbocycles. The maximum atomic E-state index is 12.0. The van der Waals surface area contributed by atoms with Crippen molar-refractivity contribution in [3.05, 3.63) is 57.0 Å². The average molecular weight is 357 g/mol. The lowest BCUT2D eigenvalue weighted by atomic mass is 9.93. The highest BCUT2D eigenvalue weighted by molar-refractivity contribution is 6.06. The third kappa shape index (κ3) is 3.44. The van der Waals surface area contributed by atoms with Crippen molar-refractivity contribution in [3.8, 4) is 0 Å². The van der Waals surface area contributed by atoms with Gasteiger partial charge in [-0.15, -0.1) is 0 Å². The van der Waals surface area contributed by atoms with Crippen LogP contribution in [0.25, 0.3) is 0 Å². The van der Waals surface area contributed by atoms with Crippen LogP contribution in [0.3, 0.4) is 0 Å². The predicted octanol–water partition coefficient (Wildman–Crippen LogP) is 3.83. The van der Waals surface area contributed by atoms with E-state index in [4.69, 9.17) is 9.15 Å². The van der Waals surface area contributed by atoms with Gasteiger partial charge in [0.25, 0.3) is 5.69 Å². The zero-order valence-electron chi connectivity index (χ0n) is 14.6. The minimum atomic E-state index is -0.470. The summed E-state index contributed by atoms with van der Waals surface area (Å²) in [5.74, 6) is 0.491. The molecule has 0 amide bonds. The second-order valence-corrected chi connectivity index (χ2v) is 5.90. The highest BCUT2D eigenvalue weighted by atomic mass is 16.6. The Morgan fingerprint density at radius 2 is 2.08 bits per heavy atom. The van der Waals surface area contributed by atoms with E-state index in [1.54, 1.807) is 19.1 Å². The SMILES string of the molecule is CCOC(=O)c1oc2c(c1C)/C(=N\Nc1ccc([N+](=O)[O-])cc1)CCC2. The second-order valence-electron chi connectivity index (χ2n) is 5.90. The third-order valence-corrected chi connectivity index (χ3v) is 4.18. The van der Waals surface area contributed by atoms with Gasteiger partial charge in [0, 0.05) is 29.7 Å². The summed E-state index contributed by atoms with van der Waals surface area (Å²) in [7, 11) is 0. The summed E-state index contributed by atoms with van der Waals surface area (Å²) >= 11 is 0. The van der Waals surface area contributed by atoms with Crippen LogP contribution in [-0.2, 0) is 11.2 Å². The lowest BCUT2D eigenvalue weighted by Crippen LogP contribution is -2.13. The summed E-state index contributed by atoms with van der Waals surface area (Å²) in [6.45, 7) is 3.85. The monoisotopic (exact) mass is 357 g/mol. The van der Waals surface area contributed by atoms with Gasteiger partial charge in [-0.25, -0.2) is 4.79 Å². The van der Waals surface area contributed by atoms with Gasteiger partial charge in [0.2, 0.25) is 5.76 Å². The number of hydrazone groups is 1. The molecule has 3 rings (SSSR count). The van der Waals surface area contributed by atoms with Crippen molar-refractivity contribution in [3.63, 3.8) is 0 Å². The van der Waals surface area contributed by atoms with Crippen LogP contribution in [0.5, 0.6) is 0 Å². The van der Waals surface area contributed by atoms with Crippen molar-refractivity contribution in [2.24, 2.45) is 5.10 Å². The van der Waals surface area contributed by atoms with E-state index in [9.17, 15) is 14.9 Å². The van der Waals surface area contributed by atoms with Gasteiger partial charge in [-0.1, -0.05) is 0 Å². The molecule has 8 nitrogen and oxygen atoms in total. The van der Waals surface area contributed by atoms with E-state index >= 15 is 0 Å². The summed E-state index contributed by atoms with van der Waals surface area (Å²) < 4.78 is 10.8. The maximum absolute atomic E-state index is 12.0. The molecular formula is C18H19N3O5. The fourth-order valence-corrected chi connectivity index (χ4v) is 2.96. The van der Waals surface area contributed by atoms with Crippen molar-refractivity contribution < 1.29 is 18.9 Å². The number of hydrogen-bond acceptors (Lipinski definition) is 7. The Bertz CT molecular complexity index is 868. The number of hydrogen-bond donors (Lipinski definition) is 1. The Labute approximate surface area is 150 Å². The van der Waals surface area contributed by atoms with Gasteiger partial charge >= 0.3 is 5.97 Å². The van der Waals surface area contributed by atoms with Crippen LogP contribution in [0.15, 0.2) is 33.8 Å². The Balaban J connectivity index is 1.85. The predicted molar refractivity (Wildman–Crippen MR) is 95.6 cm³/mol. The maximum Gasteiger partial charge on any atom is 0.374 e. The van der Waals surface area contributed by atoms with Crippen LogP contribution in [0.1, 0.15) is 47.2 Å². The normalized spacial score (nSPS) is 14.8. The summed E-state index contributed by atoms with van der Waals surface area (Å²) in [6.07, 6.45) is 2.35. The van der Waals surface area contributed by atoms with Gasteiger partial charge in [-0.3, -0.25) is 15.5 Å². The largest absolute Gasteiger partial charge is 0.460 e. The van der Waals surface area contributed by atoms with Crippen molar-refractivity contribution >= 4 is 23.1 Å². The lowest BCUT2D eigenvalue weighted by molar-refractivity contribution is -0.384. The number of fused-ring (bicyclic) bond motifs is 1. The van der Waals surface area contributed by atoms with Crippen molar-refractivity contribution in [1.29, 1.82) is 0 Å². The summed E-state index contributed by atoms with van der Waals surface area (Å²) in [4.78, 5) is 22.3. The fourth-order valence-electron chi connectivity index (χ4n) is 2.96. The topological polar surface area (TPSA) is 107 Å². The standard InChI is InChI=1S/C18H19N3O5/c1-3-25-18(22)17-11(2)16-14(5-4-6-15(16)26-17)20-19-12-7-9-13(10-8-12)21(23)24/h7-10,19H,3-6H2,1-2H3/b20-14-. The van der Waals surface area contributed by atoms with Crippen LogP contribution < -0.4 is 5.43 Å². The minimum Gasteiger partial charge on any atom is -0.460 e. The number of rotatable bonds is 5. The molecule has 1 aliphatic rings. The molecule has 0 saturated heterocycles. The first-order chi connectivity index (χ1) is 12.5. The number of carbonyl (C=O) groups is 1. The molecule has 1 N–H and O–H groups in total. The Morgan fingerprint density at radius 3 is 2.73 bits per heavy atom. The van der Waals surface area contributed by atoms with E-state index < -0.39 is 10.9 Å². The van der Waals surface area contributed by atoms with Crippen molar-refractivity contribution in [2.45, 2.75) is 33.1 Å². The molecule has 0 radical (unpaired) electrons. The molecule has 0 fully saturated rings. The Kier molecular flexibility index (Phi) is 5.01. The quantitative estimate of drug-likeness (QED) is 0.495. The fraction of sp³-hybridized carbons (Fsp3) is 0.333. The lowest BCUT2D eigenvalue weighted by Gasteiger charge is -2.13. The van der Waals surface area contributed by atoms with Crippen molar-refractivity contribution in [2.75, 3.05) is 12.0 Å². The number of non-ortho nitro benzene ring substituents is 1. The first-order valence-electron chi connectivity index (χ1n) is 8.38. The van der Waals surface area contributed by atoms with E-state index in [0.717, 1.165) is 41.9 Å². The molecule has 0 saturated carbocycles. The smallest absolute Gasteiger partial charge is 0.374 e. The molecule has 1 aromatic heterocycles. The van der Waals surface area contributed by atoms with E-state index in [-0.39, 0.29) is 18.1 Å². The number of nitro groups is 1. The first-order valence-corrected chi connectivity index (χ1v) is 8.38. The molecule has 0 unspecified atom stereocenters. The van der Waals surface area contributed by atoms with Crippen LogP contribution in [0.4, 0.5) is 11.4 Å². The minimum absolute atomic E-state index is 0.0212. The van der Waals surface area contributed by atoms with E-state index in [0.29, 0.717) is 5.69 Å². The van der Waals surface area contributed by atoms with Gasteiger partial charge in [0.15, 0.2) is 0 Å². The highest BCUT2D eigenvalue weighted by Crippen LogP contribution is 2.30. The van der Waals surface area contributed by atoms with Crippen molar-refractivity contribution in [1.82, 2.24) is 0 Å². The summed E-state index contributed by atoms with van der Waals surface area (Å²) in [6, 6.07) is 6.02. The number of esters is 1. The number of nitrogens with one attached hydrogen (secondary N) is 1. The number of nitrogens with zero attached hydrogens (tertiary/aromatic N) is 2. The van der Waals surface area contributed by atoms with Gasteiger partial charge in [-0.05, 0) is 38.8 Å². The molecule has 0 spiro atoms. The molecule has 0 atom stereocenters. The van der Waals surface area contributed by atoms with Gasteiger partial charge in [0.1, 0.15) is 5.76 Å². The number of furan rings is 1. The van der Waals surface area contributed by atoms with Gasteiger partial charge in [0.05, 0.1) is 22.9 Å². The van der Waals surface area contributed by atoms with E-state index in [2.05, 4.69) is 10.5 Å². The van der Waals surface area contributed by atoms with Crippen LogP contribution in [0.2, 0.25) is 0 Å². The number of anilines is 1. The van der Waals surface area contributed by atoms with E-state index in [1.807, 2.05) is 6.92 Å². The second kappa shape index (κ2) is 7.38. The number of carbonyl (C=O) groups excluding carboxylic acids is 1. The average Bonchev–Trinajstić information content (AvgIpc) is 2.98. The van der Waals surface area contributed by atoms with Crippen LogP contribution in [-0.4, -0.2) is 23.2 Å². The number of nitro benzene ring substituents is 1. The van der Waals surface area contributed by atoms with Crippen LogP contribution >= 0.6 is 0 Å². The molecule has 8 heteroatoms. The zero-order chi connectivity index (χ0) is 18.7. The number of aryl methyl sites for hydroxylation is 1. The molecule has 26 heavy (non-hydrogen) atoms. The zero-order valence-corrected chi connectivity index (χ0v) is 14.6. The van der Waals surface area contributed by atoms with E-state index in [1.165, 1.54) is 12.1 Å². The molecule has 136 valence electrons. The number of benzene rings is 1. The number of ether oxygens (including phenoxy) is 1. The summed E-state index contributed by atoms with van der Waals surface area (Å²) in [5, 5.41) is 15.1. The molecule has 1 heterocycles. The third-order valence-electron chi connectivity index (χ3n) is 4.18.